The zero-order valence-corrected chi connectivity index (χ0v) is 12.7. The van der Waals surface area contributed by atoms with E-state index < -0.39 is 10.0 Å². The lowest BCUT2D eigenvalue weighted by atomic mass is 10.1. The number of amides is 1. The Morgan fingerprint density at radius 3 is 2.60 bits per heavy atom. The molecule has 1 aromatic carbocycles. The van der Waals surface area contributed by atoms with Crippen LogP contribution in [0.5, 0.6) is 5.75 Å². The molecule has 0 radical (unpaired) electrons. The van der Waals surface area contributed by atoms with Crippen LogP contribution in [-0.2, 0) is 21.2 Å². The normalized spacial score (nSPS) is 12.8. The predicted molar refractivity (Wildman–Crippen MR) is 76.0 cm³/mol. The Kier molecular flexibility index (Phi) is 5.52. The van der Waals surface area contributed by atoms with Gasteiger partial charge in [0.1, 0.15) is 10.6 Å². The van der Waals surface area contributed by atoms with E-state index in [-0.39, 0.29) is 29.0 Å². The number of methoxy groups -OCH3 is 1. The van der Waals surface area contributed by atoms with Crippen LogP contribution in [0.25, 0.3) is 0 Å². The van der Waals surface area contributed by atoms with E-state index in [2.05, 4.69) is 5.32 Å². The highest BCUT2D eigenvalue weighted by molar-refractivity contribution is 7.89. The number of hydrogen-bond donors (Lipinski definition) is 2. The van der Waals surface area contributed by atoms with Gasteiger partial charge < -0.3 is 10.1 Å². The molecule has 0 heterocycles. The fraction of sp³-hybridized carbons (Fsp3) is 0.462. The largest absolute Gasteiger partial charge is 0.495 e. The summed E-state index contributed by atoms with van der Waals surface area (Å²) in [5, 5.41) is 7.94. The SMILES string of the molecule is CCC(C)NC(=O)Cc1ccc(OC)c(S(N)(=O)=O)c1. The molecular formula is C13H20N2O4S. The minimum atomic E-state index is -3.89. The standard InChI is InChI=1S/C13H20N2O4S/c1-4-9(2)15-13(16)8-10-5-6-11(19-3)12(7-10)20(14,17)18/h5-7,9H,4,8H2,1-3H3,(H,15,16)(H2,14,17,18). The molecule has 0 fully saturated rings. The Bertz CT molecular complexity index is 584. The molecule has 0 aliphatic rings. The molecule has 1 amide bonds. The molecule has 0 aromatic heterocycles. The van der Waals surface area contributed by atoms with Crippen LogP contribution < -0.4 is 15.2 Å². The molecule has 1 rings (SSSR count). The van der Waals surface area contributed by atoms with Crippen molar-refractivity contribution in [3.8, 4) is 5.75 Å². The molecule has 7 heteroatoms. The maximum Gasteiger partial charge on any atom is 0.241 e. The van der Waals surface area contributed by atoms with E-state index in [1.165, 1.54) is 19.2 Å². The van der Waals surface area contributed by atoms with Gasteiger partial charge in [0.15, 0.2) is 0 Å². The average Bonchev–Trinajstić information content (AvgIpc) is 2.37. The third-order valence-electron chi connectivity index (χ3n) is 2.92. The summed E-state index contributed by atoms with van der Waals surface area (Å²) in [5.74, 6) is 0.00321. The number of benzene rings is 1. The zero-order chi connectivity index (χ0) is 15.3. The molecule has 0 saturated carbocycles. The molecule has 112 valence electrons. The third kappa shape index (κ3) is 4.50. The number of nitrogens with one attached hydrogen (secondary N) is 1. The van der Waals surface area contributed by atoms with Crippen LogP contribution in [0.15, 0.2) is 23.1 Å². The summed E-state index contributed by atoms with van der Waals surface area (Å²) in [6.45, 7) is 3.87. The zero-order valence-electron chi connectivity index (χ0n) is 11.8. The van der Waals surface area contributed by atoms with Crippen molar-refractivity contribution in [2.45, 2.75) is 37.6 Å². The third-order valence-corrected chi connectivity index (χ3v) is 3.85. The van der Waals surface area contributed by atoms with Gasteiger partial charge in [0.25, 0.3) is 0 Å². The second kappa shape index (κ2) is 6.71. The number of hydrogen-bond acceptors (Lipinski definition) is 4. The van der Waals surface area contributed by atoms with Crippen LogP contribution in [0.3, 0.4) is 0 Å². The van der Waals surface area contributed by atoms with E-state index in [0.29, 0.717) is 5.56 Å². The van der Waals surface area contributed by atoms with Crippen molar-refractivity contribution in [2.75, 3.05) is 7.11 Å². The number of nitrogens with two attached hydrogens (primary N) is 1. The second-order valence-electron chi connectivity index (χ2n) is 4.58. The Balaban J connectivity index is 2.96. The molecule has 3 N–H and O–H groups in total. The van der Waals surface area contributed by atoms with Gasteiger partial charge in [-0.1, -0.05) is 13.0 Å². The number of rotatable bonds is 6. The van der Waals surface area contributed by atoms with Crippen molar-refractivity contribution in [3.05, 3.63) is 23.8 Å². The minimum absolute atomic E-state index is 0.0819. The molecule has 1 atom stereocenters. The second-order valence-corrected chi connectivity index (χ2v) is 6.11. The van der Waals surface area contributed by atoms with Gasteiger partial charge in [-0.2, -0.15) is 0 Å². The van der Waals surface area contributed by atoms with Crippen LogP contribution in [-0.4, -0.2) is 27.5 Å². The van der Waals surface area contributed by atoms with Crippen molar-refractivity contribution < 1.29 is 17.9 Å². The molecular weight excluding hydrogens is 280 g/mol. The summed E-state index contributed by atoms with van der Waals surface area (Å²) < 4.78 is 27.9. The Hall–Kier alpha value is -1.60. The molecule has 20 heavy (non-hydrogen) atoms. The first-order valence-electron chi connectivity index (χ1n) is 6.27. The van der Waals surface area contributed by atoms with Crippen molar-refractivity contribution in [1.29, 1.82) is 0 Å². The minimum Gasteiger partial charge on any atom is -0.495 e. The summed E-state index contributed by atoms with van der Waals surface area (Å²) in [7, 11) is -2.53. The van der Waals surface area contributed by atoms with Crippen LogP contribution in [0, 0.1) is 0 Å². The van der Waals surface area contributed by atoms with Gasteiger partial charge in [0, 0.05) is 6.04 Å². The van der Waals surface area contributed by atoms with Gasteiger partial charge in [-0.05, 0) is 31.0 Å². The van der Waals surface area contributed by atoms with Gasteiger partial charge >= 0.3 is 0 Å². The van der Waals surface area contributed by atoms with Crippen molar-refractivity contribution in [2.24, 2.45) is 5.14 Å². The summed E-state index contributed by atoms with van der Waals surface area (Å²) in [6.07, 6.45) is 0.924. The molecule has 0 saturated heterocycles. The smallest absolute Gasteiger partial charge is 0.241 e. The highest BCUT2D eigenvalue weighted by Gasteiger charge is 2.16. The highest BCUT2D eigenvalue weighted by atomic mass is 32.2. The van der Waals surface area contributed by atoms with E-state index in [0.717, 1.165) is 6.42 Å². The van der Waals surface area contributed by atoms with Crippen molar-refractivity contribution in [3.63, 3.8) is 0 Å². The number of carbonyl (C=O) groups is 1. The van der Waals surface area contributed by atoms with E-state index in [9.17, 15) is 13.2 Å². The fourth-order valence-electron chi connectivity index (χ4n) is 1.67. The Morgan fingerprint density at radius 1 is 1.45 bits per heavy atom. The maximum absolute atomic E-state index is 11.8. The van der Waals surface area contributed by atoms with Crippen molar-refractivity contribution in [1.82, 2.24) is 5.32 Å². The van der Waals surface area contributed by atoms with Crippen LogP contribution >= 0.6 is 0 Å². The lowest BCUT2D eigenvalue weighted by Crippen LogP contribution is -2.33. The summed E-state index contributed by atoms with van der Waals surface area (Å²) in [4.78, 5) is 11.7. The molecule has 0 aliphatic carbocycles. The summed E-state index contributed by atoms with van der Waals surface area (Å²) in [5.41, 5.74) is 0.565. The monoisotopic (exact) mass is 300 g/mol. The lowest BCUT2D eigenvalue weighted by Gasteiger charge is -2.12. The molecule has 1 unspecified atom stereocenters. The first-order valence-corrected chi connectivity index (χ1v) is 7.81. The van der Waals surface area contributed by atoms with Gasteiger partial charge in [-0.25, -0.2) is 13.6 Å². The fourth-order valence-corrected chi connectivity index (χ4v) is 2.41. The highest BCUT2D eigenvalue weighted by Crippen LogP contribution is 2.23. The van der Waals surface area contributed by atoms with E-state index in [4.69, 9.17) is 9.88 Å². The van der Waals surface area contributed by atoms with Crippen molar-refractivity contribution >= 4 is 15.9 Å². The van der Waals surface area contributed by atoms with Crippen LogP contribution in [0.1, 0.15) is 25.8 Å². The topological polar surface area (TPSA) is 98.5 Å². The van der Waals surface area contributed by atoms with E-state index in [1.807, 2.05) is 13.8 Å². The van der Waals surface area contributed by atoms with Crippen LogP contribution in [0.4, 0.5) is 0 Å². The predicted octanol–water partition coefficient (Wildman–Crippen LogP) is 0.800. The first-order chi connectivity index (χ1) is 9.27. The lowest BCUT2D eigenvalue weighted by molar-refractivity contribution is -0.121. The Morgan fingerprint density at radius 2 is 2.10 bits per heavy atom. The van der Waals surface area contributed by atoms with Gasteiger partial charge in [0.2, 0.25) is 15.9 Å². The molecule has 6 nitrogen and oxygen atoms in total. The number of sulfonamides is 1. The molecule has 0 spiro atoms. The number of carbonyl (C=O) groups excluding carboxylic acids is 1. The first kappa shape index (κ1) is 16.5. The van der Waals surface area contributed by atoms with Gasteiger partial charge in [-0.3, -0.25) is 4.79 Å². The van der Waals surface area contributed by atoms with Gasteiger partial charge in [-0.15, -0.1) is 0 Å². The van der Waals surface area contributed by atoms with Gasteiger partial charge in [0.05, 0.1) is 13.5 Å². The number of ether oxygens (including phenoxy) is 1. The quantitative estimate of drug-likeness (QED) is 0.811. The van der Waals surface area contributed by atoms with E-state index >= 15 is 0 Å². The van der Waals surface area contributed by atoms with E-state index in [1.54, 1.807) is 6.07 Å². The maximum atomic E-state index is 11.8. The Labute approximate surface area is 119 Å². The summed E-state index contributed by atoms with van der Waals surface area (Å²) in [6, 6.07) is 4.58. The number of primary sulfonamides is 1. The average molecular weight is 300 g/mol. The van der Waals surface area contributed by atoms with Crippen LogP contribution in [0.2, 0.25) is 0 Å². The molecule has 1 aromatic rings. The summed E-state index contributed by atoms with van der Waals surface area (Å²) >= 11 is 0. The molecule has 0 aliphatic heterocycles. The molecule has 0 bridgehead atoms.